The Morgan fingerprint density at radius 2 is 1.88 bits per heavy atom. The van der Waals surface area contributed by atoms with Gasteiger partial charge in [-0.25, -0.2) is 0 Å². The Labute approximate surface area is 158 Å². The smallest absolute Gasteiger partial charge is 0.224 e. The molecule has 0 unspecified atom stereocenters. The molecule has 26 heavy (non-hydrogen) atoms. The minimum Gasteiger partial charge on any atom is -0.352 e. The van der Waals surface area contributed by atoms with Crippen molar-refractivity contribution >= 4 is 5.91 Å². The SMILES string of the molecule is Cc1ccccc1CNC(=O)[C@H]1CCCN(C2CCN(C(C)C)CC2)C1. The van der Waals surface area contributed by atoms with Crippen LogP contribution in [0.2, 0.25) is 0 Å². The zero-order valence-corrected chi connectivity index (χ0v) is 16.7. The molecule has 0 aromatic heterocycles. The Kier molecular flexibility index (Phi) is 6.71. The molecule has 0 spiro atoms. The fraction of sp³-hybridized carbons (Fsp3) is 0.682. The summed E-state index contributed by atoms with van der Waals surface area (Å²) in [7, 11) is 0. The number of carbonyl (C=O) groups excluding carboxylic acids is 1. The summed E-state index contributed by atoms with van der Waals surface area (Å²) >= 11 is 0. The van der Waals surface area contributed by atoms with Gasteiger partial charge in [0.15, 0.2) is 0 Å². The molecular weight excluding hydrogens is 322 g/mol. The molecule has 0 saturated carbocycles. The molecule has 0 radical (unpaired) electrons. The number of rotatable bonds is 5. The van der Waals surface area contributed by atoms with E-state index in [-0.39, 0.29) is 11.8 Å². The molecule has 0 bridgehead atoms. The third kappa shape index (κ3) is 4.86. The fourth-order valence-electron chi connectivity index (χ4n) is 4.45. The lowest BCUT2D eigenvalue weighted by molar-refractivity contribution is -0.127. The molecule has 0 aliphatic carbocycles. The second-order valence-corrected chi connectivity index (χ2v) is 8.34. The largest absolute Gasteiger partial charge is 0.352 e. The highest BCUT2D eigenvalue weighted by Crippen LogP contribution is 2.24. The predicted octanol–water partition coefficient (Wildman–Crippen LogP) is 3.20. The van der Waals surface area contributed by atoms with E-state index in [0.717, 1.165) is 25.9 Å². The van der Waals surface area contributed by atoms with E-state index < -0.39 is 0 Å². The molecule has 3 rings (SSSR count). The number of benzene rings is 1. The van der Waals surface area contributed by atoms with E-state index in [1.165, 1.54) is 37.1 Å². The molecule has 1 amide bonds. The second-order valence-electron chi connectivity index (χ2n) is 8.34. The molecule has 2 fully saturated rings. The van der Waals surface area contributed by atoms with Crippen LogP contribution >= 0.6 is 0 Å². The summed E-state index contributed by atoms with van der Waals surface area (Å²) in [5, 5.41) is 3.18. The standard InChI is InChI=1S/C22H35N3O/c1-17(2)24-13-10-21(11-14-24)25-12-6-9-20(16-25)22(26)23-15-19-8-5-4-7-18(19)3/h4-5,7-8,17,20-21H,6,9-16H2,1-3H3,(H,23,26)/t20-/m0/s1. The van der Waals surface area contributed by atoms with Crippen molar-refractivity contribution in [3.63, 3.8) is 0 Å². The van der Waals surface area contributed by atoms with Gasteiger partial charge in [-0.1, -0.05) is 24.3 Å². The van der Waals surface area contributed by atoms with Gasteiger partial charge in [0.05, 0.1) is 5.92 Å². The average molecular weight is 358 g/mol. The number of amides is 1. The lowest BCUT2D eigenvalue weighted by Gasteiger charge is -2.43. The van der Waals surface area contributed by atoms with E-state index in [0.29, 0.717) is 18.6 Å². The van der Waals surface area contributed by atoms with E-state index >= 15 is 0 Å². The van der Waals surface area contributed by atoms with Crippen molar-refractivity contribution < 1.29 is 4.79 Å². The molecule has 4 heteroatoms. The van der Waals surface area contributed by atoms with Crippen LogP contribution in [-0.4, -0.2) is 54.0 Å². The lowest BCUT2D eigenvalue weighted by Crippen LogP contribution is -2.51. The number of nitrogens with one attached hydrogen (secondary N) is 1. The molecule has 4 nitrogen and oxygen atoms in total. The Balaban J connectivity index is 1.49. The second kappa shape index (κ2) is 9.01. The molecular formula is C22H35N3O. The average Bonchev–Trinajstić information content (AvgIpc) is 2.67. The van der Waals surface area contributed by atoms with Gasteiger partial charge in [0.2, 0.25) is 5.91 Å². The van der Waals surface area contributed by atoms with Crippen molar-refractivity contribution in [3.05, 3.63) is 35.4 Å². The highest BCUT2D eigenvalue weighted by Gasteiger charge is 2.31. The Morgan fingerprint density at radius 3 is 2.58 bits per heavy atom. The fourth-order valence-corrected chi connectivity index (χ4v) is 4.45. The van der Waals surface area contributed by atoms with E-state index in [9.17, 15) is 4.79 Å². The van der Waals surface area contributed by atoms with Crippen LogP contribution in [0.25, 0.3) is 0 Å². The summed E-state index contributed by atoms with van der Waals surface area (Å²) in [5.74, 6) is 0.383. The first kappa shape index (κ1) is 19.4. The quantitative estimate of drug-likeness (QED) is 0.879. The monoisotopic (exact) mass is 357 g/mol. The highest BCUT2D eigenvalue weighted by molar-refractivity contribution is 5.79. The van der Waals surface area contributed by atoms with Gasteiger partial charge in [-0.2, -0.15) is 0 Å². The molecule has 1 atom stereocenters. The first-order valence-corrected chi connectivity index (χ1v) is 10.3. The van der Waals surface area contributed by atoms with Gasteiger partial charge >= 0.3 is 0 Å². The van der Waals surface area contributed by atoms with Crippen LogP contribution in [0.5, 0.6) is 0 Å². The van der Waals surface area contributed by atoms with Crippen LogP contribution in [0, 0.1) is 12.8 Å². The first-order valence-electron chi connectivity index (χ1n) is 10.3. The summed E-state index contributed by atoms with van der Waals surface area (Å²) in [6.45, 7) is 11.8. The van der Waals surface area contributed by atoms with E-state index in [4.69, 9.17) is 0 Å². The van der Waals surface area contributed by atoms with Crippen LogP contribution in [0.15, 0.2) is 24.3 Å². The number of likely N-dealkylation sites (tertiary alicyclic amines) is 2. The number of nitrogens with zero attached hydrogens (tertiary/aromatic N) is 2. The maximum absolute atomic E-state index is 12.7. The van der Waals surface area contributed by atoms with Crippen molar-refractivity contribution in [3.8, 4) is 0 Å². The molecule has 1 aromatic carbocycles. The molecule has 2 aliphatic rings. The molecule has 144 valence electrons. The number of carbonyl (C=O) groups is 1. The zero-order valence-electron chi connectivity index (χ0n) is 16.7. The predicted molar refractivity (Wildman–Crippen MR) is 107 cm³/mol. The van der Waals surface area contributed by atoms with Gasteiger partial charge in [0.25, 0.3) is 0 Å². The topological polar surface area (TPSA) is 35.6 Å². The number of piperidine rings is 2. The van der Waals surface area contributed by atoms with E-state index in [2.05, 4.69) is 48.0 Å². The van der Waals surface area contributed by atoms with Gasteiger partial charge in [-0.3, -0.25) is 9.69 Å². The van der Waals surface area contributed by atoms with Crippen molar-refractivity contribution in [1.29, 1.82) is 0 Å². The maximum atomic E-state index is 12.7. The van der Waals surface area contributed by atoms with Crippen molar-refractivity contribution in [2.45, 2.75) is 65.1 Å². The summed E-state index contributed by atoms with van der Waals surface area (Å²) in [4.78, 5) is 17.9. The molecule has 2 aliphatic heterocycles. The lowest BCUT2D eigenvalue weighted by atomic mass is 9.93. The Hall–Kier alpha value is -1.39. The van der Waals surface area contributed by atoms with Crippen LogP contribution in [-0.2, 0) is 11.3 Å². The Bertz CT molecular complexity index is 593. The number of hydrogen-bond donors (Lipinski definition) is 1. The molecule has 2 heterocycles. The van der Waals surface area contributed by atoms with Gasteiger partial charge in [-0.05, 0) is 77.2 Å². The van der Waals surface area contributed by atoms with Gasteiger partial charge in [0.1, 0.15) is 0 Å². The zero-order chi connectivity index (χ0) is 18.5. The van der Waals surface area contributed by atoms with E-state index in [1.807, 2.05) is 12.1 Å². The third-order valence-corrected chi connectivity index (χ3v) is 6.28. The van der Waals surface area contributed by atoms with Crippen LogP contribution in [0.4, 0.5) is 0 Å². The van der Waals surface area contributed by atoms with Crippen molar-refractivity contribution in [2.75, 3.05) is 26.2 Å². The minimum atomic E-state index is 0.149. The van der Waals surface area contributed by atoms with Gasteiger partial charge in [-0.15, -0.1) is 0 Å². The van der Waals surface area contributed by atoms with Crippen LogP contribution < -0.4 is 5.32 Å². The number of hydrogen-bond acceptors (Lipinski definition) is 3. The molecule has 1 aromatic rings. The van der Waals surface area contributed by atoms with Crippen LogP contribution in [0.1, 0.15) is 50.7 Å². The summed E-state index contributed by atoms with van der Waals surface area (Å²) < 4.78 is 0. The Morgan fingerprint density at radius 1 is 1.15 bits per heavy atom. The molecule has 1 N–H and O–H groups in total. The van der Waals surface area contributed by atoms with Crippen molar-refractivity contribution in [1.82, 2.24) is 15.1 Å². The number of aryl methyl sites for hydroxylation is 1. The molecule has 2 saturated heterocycles. The summed E-state index contributed by atoms with van der Waals surface area (Å²) in [6, 6.07) is 9.61. The van der Waals surface area contributed by atoms with E-state index in [1.54, 1.807) is 0 Å². The van der Waals surface area contributed by atoms with Gasteiger partial charge < -0.3 is 10.2 Å². The third-order valence-electron chi connectivity index (χ3n) is 6.28. The minimum absolute atomic E-state index is 0.149. The van der Waals surface area contributed by atoms with Gasteiger partial charge in [0, 0.05) is 25.2 Å². The summed E-state index contributed by atoms with van der Waals surface area (Å²) in [5.41, 5.74) is 2.46. The summed E-state index contributed by atoms with van der Waals surface area (Å²) in [6.07, 6.45) is 4.67. The normalized spacial score (nSPS) is 23.3. The highest BCUT2D eigenvalue weighted by atomic mass is 16.1. The van der Waals surface area contributed by atoms with Crippen molar-refractivity contribution in [2.24, 2.45) is 5.92 Å². The first-order chi connectivity index (χ1) is 12.5. The maximum Gasteiger partial charge on any atom is 0.224 e. The van der Waals surface area contributed by atoms with Crippen LogP contribution in [0.3, 0.4) is 0 Å².